The summed E-state index contributed by atoms with van der Waals surface area (Å²) in [6.07, 6.45) is 0. The van der Waals surface area contributed by atoms with Gasteiger partial charge in [-0.25, -0.2) is 0 Å². The molecule has 0 spiro atoms. The number of hydrogen-bond acceptors (Lipinski definition) is 0. The summed E-state index contributed by atoms with van der Waals surface area (Å²) in [5, 5.41) is 11.0. The van der Waals surface area contributed by atoms with Crippen LogP contribution in [0.15, 0.2) is 60.7 Å². The molecule has 0 N–H and O–H groups in total. The molecule has 0 aromatic heterocycles. The first-order chi connectivity index (χ1) is 12.6. The van der Waals surface area contributed by atoms with Gasteiger partial charge in [0, 0.05) is 0 Å². The largest absolute Gasteiger partial charge is 0.0613 e. The van der Waals surface area contributed by atoms with Crippen LogP contribution in [0.3, 0.4) is 0 Å². The van der Waals surface area contributed by atoms with Crippen LogP contribution >= 0.6 is 0 Å². The SMILES string of the molecule is Cc1cccc2c1ccc1c(C)c3c(ccc4c(C)cccc43)c(C)c12. The predicted octanol–water partition coefficient (Wildman–Crippen LogP) is 7.53. The fourth-order valence-electron chi connectivity index (χ4n) is 4.73. The minimum Gasteiger partial charge on any atom is -0.0613 e. The van der Waals surface area contributed by atoms with Gasteiger partial charge in [0.1, 0.15) is 0 Å². The van der Waals surface area contributed by atoms with Crippen LogP contribution in [0.5, 0.6) is 0 Å². The summed E-state index contributed by atoms with van der Waals surface area (Å²) in [5.74, 6) is 0. The lowest BCUT2D eigenvalue weighted by Gasteiger charge is -2.17. The molecule has 0 aliphatic rings. The maximum Gasteiger partial charge on any atom is -0.00669 e. The minimum absolute atomic E-state index is 1.34. The Labute approximate surface area is 154 Å². The van der Waals surface area contributed by atoms with Crippen molar-refractivity contribution in [1.82, 2.24) is 0 Å². The summed E-state index contributed by atoms with van der Waals surface area (Å²) < 4.78 is 0. The monoisotopic (exact) mass is 334 g/mol. The average Bonchev–Trinajstić information content (AvgIpc) is 2.65. The Bertz CT molecular complexity index is 1250. The predicted molar refractivity (Wildman–Crippen MR) is 115 cm³/mol. The van der Waals surface area contributed by atoms with Gasteiger partial charge in [-0.1, -0.05) is 60.7 Å². The molecule has 0 heterocycles. The molecule has 0 heteroatoms. The molecule has 5 rings (SSSR count). The third-order valence-electron chi connectivity index (χ3n) is 6.12. The number of hydrogen-bond donors (Lipinski definition) is 0. The van der Waals surface area contributed by atoms with Crippen molar-refractivity contribution in [3.63, 3.8) is 0 Å². The number of benzene rings is 5. The first-order valence-electron chi connectivity index (χ1n) is 9.31. The highest BCUT2D eigenvalue weighted by Gasteiger charge is 2.14. The highest BCUT2D eigenvalue weighted by atomic mass is 14.2. The smallest absolute Gasteiger partial charge is 0.00669 e. The molecule has 0 unspecified atom stereocenters. The topological polar surface area (TPSA) is 0 Å². The standard InChI is InChI=1S/C26H22/c1-15-7-5-9-23-19(15)11-13-21-18(4)26-22(17(3)25(21)23)14-12-20-16(2)8-6-10-24(20)26/h5-14H,1-4H3. The van der Waals surface area contributed by atoms with Crippen LogP contribution in [0.4, 0.5) is 0 Å². The zero-order chi connectivity index (χ0) is 18.0. The summed E-state index contributed by atoms with van der Waals surface area (Å²) in [4.78, 5) is 0. The molecule has 0 bridgehead atoms. The number of rotatable bonds is 0. The second kappa shape index (κ2) is 5.32. The van der Waals surface area contributed by atoms with E-state index in [1.807, 2.05) is 0 Å². The first kappa shape index (κ1) is 15.4. The Morgan fingerprint density at radius 2 is 0.769 bits per heavy atom. The van der Waals surface area contributed by atoms with E-state index in [0.717, 1.165) is 0 Å². The van der Waals surface area contributed by atoms with Crippen LogP contribution in [0.2, 0.25) is 0 Å². The van der Waals surface area contributed by atoms with E-state index in [2.05, 4.69) is 88.4 Å². The van der Waals surface area contributed by atoms with E-state index in [1.54, 1.807) is 0 Å². The van der Waals surface area contributed by atoms with E-state index in [0.29, 0.717) is 0 Å². The van der Waals surface area contributed by atoms with E-state index >= 15 is 0 Å². The molecule has 0 aliphatic carbocycles. The van der Waals surface area contributed by atoms with Gasteiger partial charge in [-0.15, -0.1) is 0 Å². The Morgan fingerprint density at radius 1 is 0.385 bits per heavy atom. The van der Waals surface area contributed by atoms with Crippen molar-refractivity contribution < 1.29 is 0 Å². The Balaban J connectivity index is 2.11. The van der Waals surface area contributed by atoms with Gasteiger partial charge >= 0.3 is 0 Å². The lowest BCUT2D eigenvalue weighted by Crippen LogP contribution is -1.92. The third kappa shape index (κ3) is 1.90. The molecule has 0 atom stereocenters. The molecule has 5 aromatic carbocycles. The van der Waals surface area contributed by atoms with E-state index in [1.165, 1.54) is 65.3 Å². The van der Waals surface area contributed by atoms with Crippen LogP contribution in [0, 0.1) is 27.7 Å². The van der Waals surface area contributed by atoms with Gasteiger partial charge in [-0.05, 0) is 93.0 Å². The first-order valence-corrected chi connectivity index (χ1v) is 9.31. The fourth-order valence-corrected chi connectivity index (χ4v) is 4.73. The maximum absolute atomic E-state index is 2.32. The zero-order valence-corrected chi connectivity index (χ0v) is 15.8. The minimum atomic E-state index is 1.34. The third-order valence-corrected chi connectivity index (χ3v) is 6.12. The molecular weight excluding hydrogens is 312 g/mol. The lowest BCUT2D eigenvalue weighted by atomic mass is 9.87. The Kier molecular flexibility index (Phi) is 3.15. The molecule has 0 radical (unpaired) electrons. The number of fused-ring (bicyclic) bond motifs is 6. The normalized spacial score (nSPS) is 11.8. The van der Waals surface area contributed by atoms with Gasteiger partial charge in [0.15, 0.2) is 0 Å². The van der Waals surface area contributed by atoms with E-state index in [-0.39, 0.29) is 0 Å². The van der Waals surface area contributed by atoms with Gasteiger partial charge < -0.3 is 0 Å². The summed E-state index contributed by atoms with van der Waals surface area (Å²) >= 11 is 0. The number of aryl methyl sites for hydroxylation is 4. The van der Waals surface area contributed by atoms with Gasteiger partial charge in [0.2, 0.25) is 0 Å². The molecule has 0 fully saturated rings. The molecule has 26 heavy (non-hydrogen) atoms. The Morgan fingerprint density at radius 3 is 1.19 bits per heavy atom. The van der Waals surface area contributed by atoms with Gasteiger partial charge in [0.05, 0.1) is 0 Å². The fraction of sp³-hybridized carbons (Fsp3) is 0.154. The summed E-state index contributed by atoms with van der Waals surface area (Å²) in [6.45, 7) is 8.97. The quantitative estimate of drug-likeness (QED) is 0.203. The maximum atomic E-state index is 2.32. The molecule has 0 aliphatic heterocycles. The van der Waals surface area contributed by atoms with Crippen molar-refractivity contribution >= 4 is 43.1 Å². The van der Waals surface area contributed by atoms with Crippen molar-refractivity contribution in [3.8, 4) is 0 Å². The summed E-state index contributed by atoms with van der Waals surface area (Å²) in [7, 11) is 0. The highest BCUT2D eigenvalue weighted by molar-refractivity contribution is 6.22. The molecule has 0 saturated heterocycles. The van der Waals surface area contributed by atoms with E-state index in [4.69, 9.17) is 0 Å². The van der Waals surface area contributed by atoms with Gasteiger partial charge in [-0.2, -0.15) is 0 Å². The van der Waals surface area contributed by atoms with Crippen LogP contribution in [-0.2, 0) is 0 Å². The molecule has 126 valence electrons. The van der Waals surface area contributed by atoms with Crippen molar-refractivity contribution in [3.05, 3.63) is 82.9 Å². The van der Waals surface area contributed by atoms with Gasteiger partial charge in [0.25, 0.3) is 0 Å². The molecule has 0 saturated carbocycles. The van der Waals surface area contributed by atoms with E-state index in [9.17, 15) is 0 Å². The van der Waals surface area contributed by atoms with E-state index < -0.39 is 0 Å². The van der Waals surface area contributed by atoms with Crippen LogP contribution < -0.4 is 0 Å². The second-order valence-corrected chi connectivity index (χ2v) is 7.57. The van der Waals surface area contributed by atoms with Crippen LogP contribution in [0.1, 0.15) is 22.3 Å². The van der Waals surface area contributed by atoms with Crippen LogP contribution in [-0.4, -0.2) is 0 Å². The van der Waals surface area contributed by atoms with Crippen molar-refractivity contribution in [1.29, 1.82) is 0 Å². The zero-order valence-electron chi connectivity index (χ0n) is 15.8. The van der Waals surface area contributed by atoms with Crippen LogP contribution in [0.25, 0.3) is 43.1 Å². The molecular formula is C26H22. The highest BCUT2D eigenvalue weighted by Crippen LogP contribution is 2.40. The second-order valence-electron chi connectivity index (χ2n) is 7.57. The average molecular weight is 334 g/mol. The molecule has 0 nitrogen and oxygen atoms in total. The summed E-state index contributed by atoms with van der Waals surface area (Å²) in [6, 6.07) is 22.5. The Hall–Kier alpha value is -2.86. The van der Waals surface area contributed by atoms with Gasteiger partial charge in [-0.3, -0.25) is 0 Å². The molecule has 5 aromatic rings. The molecule has 0 amide bonds. The lowest BCUT2D eigenvalue weighted by molar-refractivity contribution is 1.51. The van der Waals surface area contributed by atoms with Crippen molar-refractivity contribution in [2.45, 2.75) is 27.7 Å². The van der Waals surface area contributed by atoms with Crippen molar-refractivity contribution in [2.24, 2.45) is 0 Å². The van der Waals surface area contributed by atoms with Crippen molar-refractivity contribution in [2.75, 3.05) is 0 Å². The summed E-state index contributed by atoms with van der Waals surface area (Å²) in [5.41, 5.74) is 5.46.